The summed E-state index contributed by atoms with van der Waals surface area (Å²) in [6, 6.07) is 12.0. The summed E-state index contributed by atoms with van der Waals surface area (Å²) in [7, 11) is 1.48. The van der Waals surface area contributed by atoms with Gasteiger partial charge < -0.3 is 14.6 Å². The van der Waals surface area contributed by atoms with Crippen molar-refractivity contribution in [3.05, 3.63) is 64.1 Å². The second-order valence-corrected chi connectivity index (χ2v) is 8.15. The van der Waals surface area contributed by atoms with Crippen molar-refractivity contribution in [1.82, 2.24) is 14.8 Å². The van der Waals surface area contributed by atoms with Gasteiger partial charge in [-0.05, 0) is 51.3 Å². The number of pyridine rings is 1. The number of aryl methyl sites for hydroxylation is 1. The molecule has 1 N–H and O–H groups in total. The van der Waals surface area contributed by atoms with Gasteiger partial charge in [-0.2, -0.15) is 0 Å². The maximum atomic E-state index is 12.7. The molecule has 2 heterocycles. The minimum absolute atomic E-state index is 0.0545. The fourth-order valence-corrected chi connectivity index (χ4v) is 3.95. The highest BCUT2D eigenvalue weighted by molar-refractivity contribution is 5.76. The smallest absolute Gasteiger partial charge is 0.240 e. The maximum absolute atomic E-state index is 12.7. The molecule has 0 aliphatic carbocycles. The molecule has 0 radical (unpaired) electrons. The molecule has 6 nitrogen and oxygen atoms in total. The number of hydrogen-bond acceptors (Lipinski definition) is 4. The van der Waals surface area contributed by atoms with Crippen LogP contribution in [0.25, 0.3) is 0 Å². The third-order valence-corrected chi connectivity index (χ3v) is 5.67. The van der Waals surface area contributed by atoms with E-state index in [4.69, 9.17) is 4.74 Å². The minimum Gasteiger partial charge on any atom is -0.491 e. The van der Waals surface area contributed by atoms with Crippen LogP contribution < -0.4 is 15.5 Å². The lowest BCUT2D eigenvalue weighted by Crippen LogP contribution is -2.37. The lowest BCUT2D eigenvalue weighted by molar-refractivity contribution is -0.122. The first kappa shape index (κ1) is 22.1. The first-order valence-corrected chi connectivity index (χ1v) is 10.9. The molecule has 1 fully saturated rings. The van der Waals surface area contributed by atoms with Gasteiger partial charge in [0.15, 0.2) is 5.75 Å². The topological polar surface area (TPSA) is 63.6 Å². The van der Waals surface area contributed by atoms with E-state index in [1.165, 1.54) is 31.9 Å². The first-order chi connectivity index (χ1) is 14.5. The Balaban J connectivity index is 1.62. The molecule has 0 saturated carbocycles. The van der Waals surface area contributed by atoms with Crippen molar-refractivity contribution in [2.45, 2.75) is 58.2 Å². The van der Waals surface area contributed by atoms with Crippen molar-refractivity contribution >= 4 is 5.91 Å². The highest BCUT2D eigenvalue weighted by Crippen LogP contribution is 2.14. The van der Waals surface area contributed by atoms with E-state index in [-0.39, 0.29) is 29.7 Å². The van der Waals surface area contributed by atoms with Gasteiger partial charge in [0.05, 0.1) is 13.3 Å². The number of benzene rings is 1. The summed E-state index contributed by atoms with van der Waals surface area (Å²) in [6.07, 6.45) is 7.09. The number of amides is 1. The van der Waals surface area contributed by atoms with Gasteiger partial charge >= 0.3 is 0 Å². The molecule has 1 aromatic carbocycles. The number of carbonyl (C=O) groups is 1. The van der Waals surface area contributed by atoms with Crippen molar-refractivity contribution < 1.29 is 9.53 Å². The Morgan fingerprint density at radius 1 is 1.17 bits per heavy atom. The van der Waals surface area contributed by atoms with Crippen LogP contribution in [0.5, 0.6) is 5.75 Å². The van der Waals surface area contributed by atoms with Crippen LogP contribution >= 0.6 is 0 Å². The van der Waals surface area contributed by atoms with E-state index in [0.29, 0.717) is 6.54 Å². The Hall–Kier alpha value is -2.60. The minimum atomic E-state index is -0.141. The van der Waals surface area contributed by atoms with E-state index in [9.17, 15) is 9.59 Å². The van der Waals surface area contributed by atoms with Gasteiger partial charge in [0.2, 0.25) is 11.3 Å². The van der Waals surface area contributed by atoms with Crippen LogP contribution in [0.1, 0.15) is 43.9 Å². The molecule has 1 aliphatic rings. The molecule has 1 atom stereocenters. The van der Waals surface area contributed by atoms with E-state index in [2.05, 4.69) is 22.3 Å². The lowest BCUT2D eigenvalue weighted by Gasteiger charge is -2.27. The van der Waals surface area contributed by atoms with Crippen molar-refractivity contribution in [2.24, 2.45) is 0 Å². The van der Waals surface area contributed by atoms with E-state index in [0.717, 1.165) is 31.6 Å². The quantitative estimate of drug-likeness (QED) is 0.689. The second-order valence-electron chi connectivity index (χ2n) is 8.15. The van der Waals surface area contributed by atoms with E-state index >= 15 is 0 Å². The third-order valence-electron chi connectivity index (χ3n) is 5.67. The Bertz CT molecular complexity index is 873. The van der Waals surface area contributed by atoms with Crippen LogP contribution in [0.3, 0.4) is 0 Å². The number of hydrogen-bond donors (Lipinski definition) is 1. The second kappa shape index (κ2) is 11.0. The molecule has 6 heteroatoms. The van der Waals surface area contributed by atoms with Gasteiger partial charge in [-0.25, -0.2) is 0 Å². The fourth-order valence-electron chi connectivity index (χ4n) is 3.95. The molecule has 3 rings (SSSR count). The van der Waals surface area contributed by atoms with E-state index < -0.39 is 0 Å². The summed E-state index contributed by atoms with van der Waals surface area (Å²) in [5.41, 5.74) is 1.99. The maximum Gasteiger partial charge on any atom is 0.240 e. The van der Waals surface area contributed by atoms with Gasteiger partial charge in [0.1, 0.15) is 6.54 Å². The van der Waals surface area contributed by atoms with Gasteiger partial charge in [0, 0.05) is 24.3 Å². The van der Waals surface area contributed by atoms with Gasteiger partial charge in [-0.3, -0.25) is 14.5 Å². The molecule has 2 aromatic rings. The van der Waals surface area contributed by atoms with Crippen LogP contribution in [0, 0.1) is 0 Å². The molecular formula is C24H33N3O3. The monoisotopic (exact) mass is 411 g/mol. The van der Waals surface area contributed by atoms with Crippen LogP contribution in [0.2, 0.25) is 0 Å². The van der Waals surface area contributed by atoms with Crippen LogP contribution in [0.15, 0.2) is 47.4 Å². The highest BCUT2D eigenvalue weighted by atomic mass is 16.5. The number of nitrogens with zero attached hydrogens (tertiary/aromatic N) is 2. The largest absolute Gasteiger partial charge is 0.491 e. The molecular weight excluding hydrogens is 378 g/mol. The number of aromatic nitrogens is 1. The molecule has 30 heavy (non-hydrogen) atoms. The molecule has 1 saturated heterocycles. The zero-order chi connectivity index (χ0) is 21.3. The Morgan fingerprint density at radius 3 is 2.60 bits per heavy atom. The number of nitrogens with one attached hydrogen (secondary N) is 1. The molecule has 1 unspecified atom stereocenters. The summed E-state index contributed by atoms with van der Waals surface area (Å²) in [4.78, 5) is 27.3. The van der Waals surface area contributed by atoms with Crippen LogP contribution in [0.4, 0.5) is 0 Å². The Kier molecular flexibility index (Phi) is 8.08. The van der Waals surface area contributed by atoms with Gasteiger partial charge in [-0.15, -0.1) is 0 Å². The normalized spacial score (nSPS) is 15.5. The molecule has 162 valence electrons. The Morgan fingerprint density at radius 2 is 1.90 bits per heavy atom. The molecule has 1 aromatic heterocycles. The predicted octanol–water partition coefficient (Wildman–Crippen LogP) is 2.98. The zero-order valence-corrected chi connectivity index (χ0v) is 18.1. The summed E-state index contributed by atoms with van der Waals surface area (Å²) in [5.74, 6) is 0.212. The number of piperidine rings is 1. The summed E-state index contributed by atoms with van der Waals surface area (Å²) in [5, 5.41) is 3.09. The number of carbonyl (C=O) groups excluding carboxylic acids is 1. The highest BCUT2D eigenvalue weighted by Gasteiger charge is 2.16. The van der Waals surface area contributed by atoms with Crippen molar-refractivity contribution in [3.63, 3.8) is 0 Å². The summed E-state index contributed by atoms with van der Waals surface area (Å²) >= 11 is 0. The summed E-state index contributed by atoms with van der Waals surface area (Å²) in [6.45, 7) is 4.94. The molecule has 1 amide bonds. The number of methoxy groups -OCH3 is 1. The lowest BCUT2D eigenvalue weighted by atomic mass is 10.1. The Labute approximate surface area is 178 Å². The molecule has 0 spiro atoms. The average molecular weight is 412 g/mol. The zero-order valence-electron chi connectivity index (χ0n) is 18.1. The number of ether oxygens (including phenoxy) is 1. The first-order valence-electron chi connectivity index (χ1n) is 10.9. The predicted molar refractivity (Wildman–Crippen MR) is 119 cm³/mol. The summed E-state index contributed by atoms with van der Waals surface area (Å²) < 4.78 is 7.06. The SMILES string of the molecule is COc1cn(CC(=O)NC(C)CCc2ccccc2)c(CN2CCCCC2)cc1=O. The average Bonchev–Trinajstić information content (AvgIpc) is 2.75. The van der Waals surface area contributed by atoms with Gasteiger partial charge in [0.25, 0.3) is 0 Å². The fraction of sp³-hybridized carbons (Fsp3) is 0.500. The molecule has 1 aliphatic heterocycles. The van der Waals surface area contributed by atoms with Crippen LogP contribution in [-0.4, -0.2) is 41.6 Å². The van der Waals surface area contributed by atoms with E-state index in [1.807, 2.05) is 29.7 Å². The van der Waals surface area contributed by atoms with Crippen molar-refractivity contribution in [3.8, 4) is 5.75 Å². The standard InChI is InChI=1S/C24H33N3O3/c1-19(11-12-20-9-5-3-6-10-20)25-24(29)18-27-17-23(30-2)22(28)15-21(27)16-26-13-7-4-8-14-26/h3,5-6,9-10,15,17,19H,4,7-8,11-14,16,18H2,1-2H3,(H,25,29). The van der Waals surface area contributed by atoms with E-state index in [1.54, 1.807) is 12.3 Å². The number of rotatable bonds is 9. The van der Waals surface area contributed by atoms with Crippen molar-refractivity contribution in [2.75, 3.05) is 20.2 Å². The van der Waals surface area contributed by atoms with Crippen molar-refractivity contribution in [1.29, 1.82) is 0 Å². The third kappa shape index (κ3) is 6.46. The number of likely N-dealkylation sites (tertiary alicyclic amines) is 1. The van der Waals surface area contributed by atoms with Crippen LogP contribution in [-0.2, 0) is 24.3 Å². The molecule has 0 bridgehead atoms. The van der Waals surface area contributed by atoms with Gasteiger partial charge in [-0.1, -0.05) is 36.8 Å².